The first kappa shape index (κ1) is 13.2. The molecular formula is C18H15N3. The summed E-state index contributed by atoms with van der Waals surface area (Å²) in [4.78, 5) is 0. The third kappa shape index (κ3) is 2.59. The fourth-order valence-corrected chi connectivity index (χ4v) is 2.93. The van der Waals surface area contributed by atoms with Crippen molar-refractivity contribution in [1.29, 1.82) is 10.5 Å². The Morgan fingerprint density at radius 2 is 1.81 bits per heavy atom. The molecule has 0 aliphatic heterocycles. The van der Waals surface area contributed by atoms with Crippen molar-refractivity contribution in [2.24, 2.45) is 0 Å². The van der Waals surface area contributed by atoms with E-state index in [9.17, 15) is 0 Å². The van der Waals surface area contributed by atoms with Gasteiger partial charge in [0.25, 0.3) is 0 Å². The number of fused-ring (bicyclic) bond motifs is 1. The monoisotopic (exact) mass is 273 g/mol. The van der Waals surface area contributed by atoms with Gasteiger partial charge in [0.2, 0.25) is 0 Å². The molecule has 21 heavy (non-hydrogen) atoms. The van der Waals surface area contributed by atoms with Crippen molar-refractivity contribution in [3.63, 3.8) is 0 Å². The van der Waals surface area contributed by atoms with Crippen LogP contribution < -0.4 is 5.32 Å². The molecular weight excluding hydrogens is 258 g/mol. The third-order valence-corrected chi connectivity index (χ3v) is 3.97. The van der Waals surface area contributed by atoms with Crippen molar-refractivity contribution >= 4 is 5.69 Å². The predicted octanol–water partition coefficient (Wildman–Crippen LogP) is 3.92. The highest BCUT2D eigenvalue weighted by atomic mass is 14.9. The van der Waals surface area contributed by atoms with Crippen LogP contribution in [0.25, 0.3) is 0 Å². The Balaban J connectivity index is 1.89. The molecule has 0 fully saturated rings. The molecule has 0 saturated heterocycles. The smallest absolute Gasteiger partial charge is 0.101 e. The molecule has 0 bridgehead atoms. The van der Waals surface area contributed by atoms with Crippen molar-refractivity contribution < 1.29 is 0 Å². The van der Waals surface area contributed by atoms with Crippen LogP contribution in [0.4, 0.5) is 5.69 Å². The summed E-state index contributed by atoms with van der Waals surface area (Å²) in [6, 6.07) is 18.2. The van der Waals surface area contributed by atoms with Crippen LogP contribution in [-0.2, 0) is 6.42 Å². The van der Waals surface area contributed by atoms with Crippen LogP contribution in [0.3, 0.4) is 0 Å². The number of hydrogen-bond donors (Lipinski definition) is 1. The molecule has 1 aliphatic carbocycles. The quantitative estimate of drug-likeness (QED) is 0.902. The van der Waals surface area contributed by atoms with Crippen molar-refractivity contribution in [2.45, 2.75) is 25.3 Å². The summed E-state index contributed by atoms with van der Waals surface area (Å²) in [7, 11) is 0. The maximum atomic E-state index is 9.11. The van der Waals surface area contributed by atoms with Gasteiger partial charge in [0.15, 0.2) is 0 Å². The molecule has 0 saturated carbocycles. The number of benzene rings is 2. The molecule has 1 atom stereocenters. The average Bonchev–Trinajstić information content (AvgIpc) is 2.55. The van der Waals surface area contributed by atoms with Gasteiger partial charge >= 0.3 is 0 Å². The number of nitriles is 2. The molecule has 3 heteroatoms. The SMILES string of the molecule is N#Cc1ccc(NC2CCCc3ccccc32)cc1C#N. The summed E-state index contributed by atoms with van der Waals surface area (Å²) in [6.07, 6.45) is 3.38. The molecule has 2 aromatic rings. The molecule has 0 spiro atoms. The molecule has 102 valence electrons. The Kier molecular flexibility index (Phi) is 3.58. The van der Waals surface area contributed by atoms with E-state index in [-0.39, 0.29) is 6.04 Å². The minimum absolute atomic E-state index is 0.273. The second-order valence-electron chi connectivity index (χ2n) is 5.27. The van der Waals surface area contributed by atoms with Gasteiger partial charge in [0.05, 0.1) is 17.2 Å². The first-order chi connectivity index (χ1) is 10.3. The number of nitrogens with zero attached hydrogens (tertiary/aromatic N) is 2. The average molecular weight is 273 g/mol. The van der Waals surface area contributed by atoms with Crippen molar-refractivity contribution in [2.75, 3.05) is 5.32 Å². The van der Waals surface area contributed by atoms with Gasteiger partial charge < -0.3 is 5.32 Å². The van der Waals surface area contributed by atoms with Gasteiger partial charge in [-0.1, -0.05) is 24.3 Å². The summed E-state index contributed by atoms with van der Waals surface area (Å²) in [5.74, 6) is 0. The zero-order valence-electron chi connectivity index (χ0n) is 11.6. The summed E-state index contributed by atoms with van der Waals surface area (Å²) in [6.45, 7) is 0. The Hall–Kier alpha value is -2.78. The normalized spacial score (nSPS) is 16.4. The first-order valence-corrected chi connectivity index (χ1v) is 7.10. The van der Waals surface area contributed by atoms with E-state index < -0.39 is 0 Å². The molecule has 1 N–H and O–H groups in total. The van der Waals surface area contributed by atoms with Gasteiger partial charge in [-0.2, -0.15) is 10.5 Å². The summed E-state index contributed by atoms with van der Waals surface area (Å²) < 4.78 is 0. The van der Waals surface area contributed by atoms with Crippen LogP contribution in [0.2, 0.25) is 0 Å². The molecule has 3 rings (SSSR count). The second-order valence-corrected chi connectivity index (χ2v) is 5.27. The van der Waals surface area contributed by atoms with E-state index in [4.69, 9.17) is 10.5 Å². The van der Waals surface area contributed by atoms with E-state index in [1.54, 1.807) is 12.1 Å². The minimum Gasteiger partial charge on any atom is -0.378 e. The second kappa shape index (κ2) is 5.69. The van der Waals surface area contributed by atoms with E-state index in [1.165, 1.54) is 11.1 Å². The molecule has 0 radical (unpaired) electrons. The Morgan fingerprint density at radius 1 is 1.00 bits per heavy atom. The number of aryl methyl sites for hydroxylation is 1. The van der Waals surface area contributed by atoms with Gasteiger partial charge in [0.1, 0.15) is 12.1 Å². The molecule has 3 nitrogen and oxygen atoms in total. The highest BCUT2D eigenvalue weighted by molar-refractivity contribution is 5.57. The van der Waals surface area contributed by atoms with Gasteiger partial charge in [0, 0.05) is 5.69 Å². The molecule has 1 unspecified atom stereocenters. The standard InChI is InChI=1S/C18H15N3/c19-11-14-8-9-16(10-15(14)12-20)21-18-7-3-5-13-4-1-2-6-17(13)18/h1-2,4,6,8-10,18,21H,3,5,7H2. The van der Waals surface area contributed by atoms with Crippen molar-refractivity contribution in [3.8, 4) is 12.1 Å². The minimum atomic E-state index is 0.273. The summed E-state index contributed by atoms with van der Waals surface area (Å²) >= 11 is 0. The van der Waals surface area contributed by atoms with Crippen molar-refractivity contribution in [3.05, 3.63) is 64.7 Å². The Bertz CT molecular complexity index is 750. The number of hydrogen-bond acceptors (Lipinski definition) is 3. The molecule has 2 aromatic carbocycles. The van der Waals surface area contributed by atoms with Crippen LogP contribution >= 0.6 is 0 Å². The zero-order valence-corrected chi connectivity index (χ0v) is 11.6. The van der Waals surface area contributed by atoms with E-state index in [2.05, 4.69) is 35.7 Å². The molecule has 1 aliphatic rings. The largest absolute Gasteiger partial charge is 0.378 e. The van der Waals surface area contributed by atoms with Gasteiger partial charge in [-0.15, -0.1) is 0 Å². The van der Waals surface area contributed by atoms with E-state index in [0.29, 0.717) is 11.1 Å². The number of rotatable bonds is 2. The first-order valence-electron chi connectivity index (χ1n) is 7.10. The highest BCUT2D eigenvalue weighted by Gasteiger charge is 2.19. The summed E-state index contributed by atoms with van der Waals surface area (Å²) in [5.41, 5.74) is 4.48. The van der Waals surface area contributed by atoms with Crippen LogP contribution in [0.1, 0.15) is 41.1 Å². The van der Waals surface area contributed by atoms with Crippen LogP contribution in [0.5, 0.6) is 0 Å². The maximum Gasteiger partial charge on any atom is 0.101 e. The van der Waals surface area contributed by atoms with E-state index in [1.807, 2.05) is 12.1 Å². The third-order valence-electron chi connectivity index (χ3n) is 3.97. The van der Waals surface area contributed by atoms with Gasteiger partial charge in [-0.3, -0.25) is 0 Å². The zero-order chi connectivity index (χ0) is 14.7. The lowest BCUT2D eigenvalue weighted by atomic mass is 9.87. The van der Waals surface area contributed by atoms with Crippen LogP contribution in [0, 0.1) is 22.7 Å². The predicted molar refractivity (Wildman–Crippen MR) is 81.6 cm³/mol. The van der Waals surface area contributed by atoms with Crippen LogP contribution in [-0.4, -0.2) is 0 Å². The Labute approximate surface area is 124 Å². The lowest BCUT2D eigenvalue weighted by Crippen LogP contribution is -2.17. The molecule has 0 heterocycles. The fourth-order valence-electron chi connectivity index (χ4n) is 2.93. The van der Waals surface area contributed by atoms with Crippen molar-refractivity contribution in [1.82, 2.24) is 0 Å². The van der Waals surface area contributed by atoms with Gasteiger partial charge in [-0.25, -0.2) is 0 Å². The lowest BCUT2D eigenvalue weighted by molar-refractivity contribution is 0.600. The molecule has 0 amide bonds. The van der Waals surface area contributed by atoms with Gasteiger partial charge in [-0.05, 0) is 48.6 Å². The summed E-state index contributed by atoms with van der Waals surface area (Å²) in [5, 5.41) is 21.6. The molecule has 0 aromatic heterocycles. The van der Waals surface area contributed by atoms with E-state index >= 15 is 0 Å². The fraction of sp³-hybridized carbons (Fsp3) is 0.222. The Morgan fingerprint density at radius 3 is 2.62 bits per heavy atom. The van der Waals surface area contributed by atoms with E-state index in [0.717, 1.165) is 24.9 Å². The highest BCUT2D eigenvalue weighted by Crippen LogP contribution is 2.32. The number of anilines is 1. The number of nitrogens with one attached hydrogen (secondary N) is 1. The maximum absolute atomic E-state index is 9.11. The van der Waals surface area contributed by atoms with Crippen LogP contribution in [0.15, 0.2) is 42.5 Å². The topological polar surface area (TPSA) is 59.6 Å². The lowest BCUT2D eigenvalue weighted by Gasteiger charge is -2.27.